The van der Waals surface area contributed by atoms with E-state index in [4.69, 9.17) is 9.84 Å². The summed E-state index contributed by atoms with van der Waals surface area (Å²) in [7, 11) is 0. The molecule has 2 rings (SSSR count). The molecule has 0 atom stereocenters. The predicted octanol–water partition coefficient (Wildman–Crippen LogP) is 6.49. The minimum absolute atomic E-state index is 0.0947. The minimum atomic E-state index is -0.696. The largest absolute Gasteiger partial charge is 0.481 e. The first-order valence-corrected chi connectivity index (χ1v) is 11.8. The van der Waals surface area contributed by atoms with Crippen LogP contribution in [0.3, 0.4) is 0 Å². The molecule has 30 heavy (non-hydrogen) atoms. The number of carbonyl (C=O) groups excluding carboxylic acids is 1. The van der Waals surface area contributed by atoms with E-state index in [1.165, 1.54) is 36.8 Å². The van der Waals surface area contributed by atoms with Crippen molar-refractivity contribution in [2.24, 2.45) is 5.41 Å². The van der Waals surface area contributed by atoms with Crippen LogP contribution in [0.15, 0.2) is 24.3 Å². The Labute approximate surface area is 182 Å². The Morgan fingerprint density at radius 3 is 2.10 bits per heavy atom. The van der Waals surface area contributed by atoms with Crippen LogP contribution < -0.4 is 0 Å². The fraction of sp³-hybridized carbons (Fsp3) is 0.692. The van der Waals surface area contributed by atoms with Gasteiger partial charge in [-0.1, -0.05) is 56.4 Å². The van der Waals surface area contributed by atoms with Gasteiger partial charge in [-0.3, -0.25) is 9.59 Å². The van der Waals surface area contributed by atoms with Crippen molar-refractivity contribution in [1.82, 2.24) is 0 Å². The number of carboxylic acids is 1. The third kappa shape index (κ3) is 8.89. The van der Waals surface area contributed by atoms with E-state index in [0.717, 1.165) is 64.2 Å². The van der Waals surface area contributed by atoms with E-state index in [1.807, 2.05) is 13.8 Å². The van der Waals surface area contributed by atoms with Crippen molar-refractivity contribution >= 4 is 12.4 Å². The van der Waals surface area contributed by atoms with Crippen molar-refractivity contribution in [2.45, 2.75) is 109 Å². The molecule has 1 aromatic rings. The molecule has 0 aromatic heterocycles. The Morgan fingerprint density at radius 1 is 1.00 bits per heavy atom. The highest BCUT2D eigenvalue weighted by Gasteiger charge is 2.44. The second-order valence-corrected chi connectivity index (χ2v) is 9.73. The molecule has 1 aliphatic carbocycles. The topological polar surface area (TPSA) is 63.6 Å². The molecule has 1 fully saturated rings. The lowest BCUT2D eigenvalue weighted by Crippen LogP contribution is -2.23. The van der Waals surface area contributed by atoms with Crippen molar-refractivity contribution < 1.29 is 19.4 Å². The Balaban J connectivity index is 1.54. The van der Waals surface area contributed by atoms with Gasteiger partial charge in [0.2, 0.25) is 0 Å². The lowest BCUT2D eigenvalue weighted by atomic mass is 9.87. The van der Waals surface area contributed by atoms with Gasteiger partial charge in [0, 0.05) is 0 Å². The van der Waals surface area contributed by atoms with Gasteiger partial charge in [-0.2, -0.15) is 0 Å². The molecule has 1 N–H and O–H groups in total. The number of ether oxygens (including phenoxy) is 1. The highest BCUT2D eigenvalue weighted by Crippen LogP contribution is 2.43. The fourth-order valence-electron chi connectivity index (χ4n) is 4.10. The standard InChI is InChI=1S/C26H40O4/c1-25(2,24(28)29)16-9-5-3-7-12-22-14-11-15-23(20-22)13-8-4-6-10-17-26(18-19-26)30-21-27/h11,14-15,20-21H,3-10,12-13,16-19H2,1-2H3,(H,28,29). The van der Waals surface area contributed by atoms with Crippen LogP contribution in [0.2, 0.25) is 0 Å². The van der Waals surface area contributed by atoms with Crippen molar-refractivity contribution in [3.05, 3.63) is 35.4 Å². The minimum Gasteiger partial charge on any atom is -0.481 e. The SMILES string of the molecule is CC(C)(CCCCCCc1cccc(CCCCCCC2(OC=O)CC2)c1)C(=O)O. The van der Waals surface area contributed by atoms with Gasteiger partial charge >= 0.3 is 5.97 Å². The van der Waals surface area contributed by atoms with Crippen LogP contribution in [0.4, 0.5) is 0 Å². The van der Waals surface area contributed by atoms with Crippen LogP contribution in [0.5, 0.6) is 0 Å². The number of unbranched alkanes of at least 4 members (excludes halogenated alkanes) is 6. The van der Waals surface area contributed by atoms with Crippen LogP contribution in [0.25, 0.3) is 0 Å². The first-order valence-electron chi connectivity index (χ1n) is 11.8. The number of rotatable bonds is 17. The maximum Gasteiger partial charge on any atom is 0.309 e. The number of aliphatic carboxylic acids is 1. The molecule has 0 saturated heterocycles. The molecule has 1 aromatic carbocycles. The smallest absolute Gasteiger partial charge is 0.309 e. The highest BCUT2D eigenvalue weighted by molar-refractivity contribution is 5.73. The molecular formula is C26H40O4. The summed E-state index contributed by atoms with van der Waals surface area (Å²) < 4.78 is 5.20. The molecule has 4 nitrogen and oxygen atoms in total. The van der Waals surface area contributed by atoms with E-state index in [1.54, 1.807) is 0 Å². The van der Waals surface area contributed by atoms with E-state index in [-0.39, 0.29) is 5.60 Å². The molecule has 1 aliphatic rings. The second-order valence-electron chi connectivity index (χ2n) is 9.73. The van der Waals surface area contributed by atoms with Crippen LogP contribution >= 0.6 is 0 Å². The van der Waals surface area contributed by atoms with E-state index >= 15 is 0 Å². The number of hydrogen-bond donors (Lipinski definition) is 1. The van der Waals surface area contributed by atoms with Crippen molar-refractivity contribution in [1.29, 1.82) is 0 Å². The van der Waals surface area contributed by atoms with Gasteiger partial charge in [0.1, 0.15) is 5.60 Å². The monoisotopic (exact) mass is 416 g/mol. The van der Waals surface area contributed by atoms with Crippen molar-refractivity contribution in [2.75, 3.05) is 0 Å². The molecular weight excluding hydrogens is 376 g/mol. The van der Waals surface area contributed by atoms with Gasteiger partial charge < -0.3 is 9.84 Å². The average molecular weight is 417 g/mol. The van der Waals surface area contributed by atoms with Gasteiger partial charge in [-0.25, -0.2) is 0 Å². The van der Waals surface area contributed by atoms with E-state index in [2.05, 4.69) is 24.3 Å². The molecule has 168 valence electrons. The highest BCUT2D eigenvalue weighted by atomic mass is 16.5. The molecule has 1 saturated carbocycles. The Kier molecular flexibility index (Phi) is 9.87. The maximum absolute atomic E-state index is 11.1. The van der Waals surface area contributed by atoms with Crippen LogP contribution in [0.1, 0.15) is 102 Å². The number of carbonyl (C=O) groups is 2. The third-order valence-electron chi connectivity index (χ3n) is 6.54. The second kappa shape index (κ2) is 12.1. The summed E-state index contributed by atoms with van der Waals surface area (Å²) >= 11 is 0. The first kappa shape index (κ1) is 24.4. The van der Waals surface area contributed by atoms with Crippen molar-refractivity contribution in [3.8, 4) is 0 Å². The van der Waals surface area contributed by atoms with E-state index in [9.17, 15) is 9.59 Å². The summed E-state index contributed by atoms with van der Waals surface area (Å²) in [6.07, 6.45) is 15.3. The molecule has 0 heterocycles. The molecule has 0 amide bonds. The lowest BCUT2D eigenvalue weighted by molar-refractivity contribution is -0.147. The zero-order valence-electron chi connectivity index (χ0n) is 19.0. The Hall–Kier alpha value is -1.84. The lowest BCUT2D eigenvalue weighted by Gasteiger charge is -2.18. The summed E-state index contributed by atoms with van der Waals surface area (Å²) in [4.78, 5) is 21.6. The molecule has 0 radical (unpaired) electrons. The molecule has 0 aliphatic heterocycles. The van der Waals surface area contributed by atoms with Gasteiger partial charge in [0.05, 0.1) is 5.41 Å². The number of carboxylic acid groups (broad SMARTS) is 1. The van der Waals surface area contributed by atoms with Crippen LogP contribution in [-0.4, -0.2) is 23.1 Å². The summed E-state index contributed by atoms with van der Waals surface area (Å²) in [5, 5.41) is 9.16. The normalized spacial score (nSPS) is 15.0. The summed E-state index contributed by atoms with van der Waals surface area (Å²) in [6, 6.07) is 8.98. The molecule has 0 unspecified atom stereocenters. The van der Waals surface area contributed by atoms with Gasteiger partial charge in [0.25, 0.3) is 6.47 Å². The van der Waals surface area contributed by atoms with E-state index in [0.29, 0.717) is 6.47 Å². The quantitative estimate of drug-likeness (QED) is 0.233. The average Bonchev–Trinajstić information content (AvgIpc) is 3.47. The molecule has 4 heteroatoms. The predicted molar refractivity (Wildman–Crippen MR) is 121 cm³/mol. The summed E-state index contributed by atoms with van der Waals surface area (Å²) in [5.41, 5.74) is 2.15. The van der Waals surface area contributed by atoms with Crippen LogP contribution in [0, 0.1) is 5.41 Å². The summed E-state index contributed by atoms with van der Waals surface area (Å²) in [5.74, 6) is -0.696. The van der Waals surface area contributed by atoms with Gasteiger partial charge in [-0.05, 0) is 82.8 Å². The van der Waals surface area contributed by atoms with Gasteiger partial charge in [-0.15, -0.1) is 0 Å². The number of aryl methyl sites for hydroxylation is 2. The maximum atomic E-state index is 11.1. The molecule has 0 bridgehead atoms. The van der Waals surface area contributed by atoms with Gasteiger partial charge in [0.15, 0.2) is 0 Å². The Bertz CT molecular complexity index is 661. The fourth-order valence-corrected chi connectivity index (χ4v) is 4.10. The van der Waals surface area contributed by atoms with E-state index < -0.39 is 11.4 Å². The molecule has 0 spiro atoms. The Morgan fingerprint density at radius 2 is 1.57 bits per heavy atom. The first-order chi connectivity index (χ1) is 14.4. The number of benzene rings is 1. The summed E-state index contributed by atoms with van der Waals surface area (Å²) in [6.45, 7) is 4.24. The van der Waals surface area contributed by atoms with Crippen molar-refractivity contribution in [3.63, 3.8) is 0 Å². The zero-order valence-corrected chi connectivity index (χ0v) is 19.0. The third-order valence-corrected chi connectivity index (χ3v) is 6.54. The zero-order chi connectivity index (χ0) is 21.9. The van der Waals surface area contributed by atoms with Crippen LogP contribution in [-0.2, 0) is 27.2 Å². The number of hydrogen-bond acceptors (Lipinski definition) is 3.